The molecule has 0 saturated heterocycles. The fourth-order valence-corrected chi connectivity index (χ4v) is 2.80. The highest BCUT2D eigenvalue weighted by atomic mass is 14.8. The second-order valence-electron chi connectivity index (χ2n) is 6.03. The zero-order chi connectivity index (χ0) is 14.1. The average Bonchev–Trinajstić information content (AvgIpc) is 2.44. The Morgan fingerprint density at radius 1 is 1.00 bits per heavy atom. The largest absolute Gasteiger partial charge is 0.325 e. The van der Waals surface area contributed by atoms with Crippen LogP contribution in [0.25, 0.3) is 0 Å². The molecule has 2 N–H and O–H groups in total. The van der Waals surface area contributed by atoms with E-state index in [1.54, 1.807) is 0 Å². The molecule has 0 bridgehead atoms. The molecule has 0 radical (unpaired) electrons. The second kappa shape index (κ2) is 8.37. The highest BCUT2D eigenvalue weighted by Crippen LogP contribution is 2.29. The van der Waals surface area contributed by atoms with Crippen molar-refractivity contribution < 1.29 is 0 Å². The summed E-state index contributed by atoms with van der Waals surface area (Å²) in [6, 6.07) is 10.8. The third-order valence-electron chi connectivity index (χ3n) is 4.36. The molecular formula is C18H31N. The predicted octanol–water partition coefficient (Wildman–Crippen LogP) is 4.94. The zero-order valence-electron chi connectivity index (χ0n) is 13.0. The van der Waals surface area contributed by atoms with Crippen LogP contribution in [0.15, 0.2) is 30.3 Å². The van der Waals surface area contributed by atoms with Crippen LogP contribution in [0.2, 0.25) is 0 Å². The van der Waals surface area contributed by atoms with Gasteiger partial charge in [0.15, 0.2) is 0 Å². The van der Waals surface area contributed by atoms with Crippen molar-refractivity contribution in [3.8, 4) is 0 Å². The van der Waals surface area contributed by atoms with E-state index in [-0.39, 0.29) is 5.54 Å². The third kappa shape index (κ3) is 5.36. The summed E-state index contributed by atoms with van der Waals surface area (Å²) in [6.45, 7) is 6.84. The van der Waals surface area contributed by atoms with Crippen molar-refractivity contribution in [1.29, 1.82) is 0 Å². The van der Waals surface area contributed by atoms with Gasteiger partial charge in [0.25, 0.3) is 0 Å². The standard InChI is InChI=1S/C18H31N/c1-4-6-13-18(19,14-7-5-2)16(3)15-17-11-9-8-10-12-17/h8-12,16H,4-7,13-15,19H2,1-3H3. The van der Waals surface area contributed by atoms with Gasteiger partial charge >= 0.3 is 0 Å². The van der Waals surface area contributed by atoms with Crippen LogP contribution in [0.4, 0.5) is 0 Å². The van der Waals surface area contributed by atoms with Crippen LogP contribution in [-0.4, -0.2) is 5.54 Å². The van der Waals surface area contributed by atoms with Gasteiger partial charge in [-0.05, 0) is 30.7 Å². The lowest BCUT2D eigenvalue weighted by Crippen LogP contribution is -2.47. The molecule has 1 aromatic carbocycles. The van der Waals surface area contributed by atoms with Gasteiger partial charge in [-0.2, -0.15) is 0 Å². The molecule has 0 fully saturated rings. The first-order valence-corrected chi connectivity index (χ1v) is 7.95. The minimum atomic E-state index is 0.0157. The van der Waals surface area contributed by atoms with Crippen molar-refractivity contribution >= 4 is 0 Å². The van der Waals surface area contributed by atoms with Gasteiger partial charge in [0, 0.05) is 5.54 Å². The van der Waals surface area contributed by atoms with Gasteiger partial charge in [-0.15, -0.1) is 0 Å². The van der Waals surface area contributed by atoms with Crippen molar-refractivity contribution in [3.63, 3.8) is 0 Å². The first-order chi connectivity index (χ1) is 9.12. The smallest absolute Gasteiger partial charge is 0.0183 e. The van der Waals surface area contributed by atoms with Gasteiger partial charge in [-0.3, -0.25) is 0 Å². The van der Waals surface area contributed by atoms with Crippen molar-refractivity contribution in [3.05, 3.63) is 35.9 Å². The molecule has 0 saturated carbocycles. The van der Waals surface area contributed by atoms with Gasteiger partial charge in [0.1, 0.15) is 0 Å². The van der Waals surface area contributed by atoms with Crippen LogP contribution in [0.3, 0.4) is 0 Å². The summed E-state index contributed by atoms with van der Waals surface area (Å²) in [5.41, 5.74) is 8.19. The molecule has 0 amide bonds. The molecular weight excluding hydrogens is 230 g/mol. The number of unbranched alkanes of at least 4 members (excludes halogenated alkanes) is 2. The van der Waals surface area contributed by atoms with Gasteiger partial charge in [-0.1, -0.05) is 76.8 Å². The molecule has 0 aromatic heterocycles. The SMILES string of the molecule is CCCCC(N)(CCCC)C(C)Cc1ccccc1. The van der Waals surface area contributed by atoms with Crippen molar-refractivity contribution in [2.45, 2.75) is 71.3 Å². The van der Waals surface area contributed by atoms with Gasteiger partial charge < -0.3 is 5.73 Å². The van der Waals surface area contributed by atoms with E-state index in [9.17, 15) is 0 Å². The third-order valence-corrected chi connectivity index (χ3v) is 4.36. The molecule has 1 aromatic rings. The Kier molecular flexibility index (Phi) is 7.15. The summed E-state index contributed by atoms with van der Waals surface area (Å²) >= 11 is 0. The van der Waals surface area contributed by atoms with Gasteiger partial charge in [-0.25, -0.2) is 0 Å². The van der Waals surface area contributed by atoms with Crippen molar-refractivity contribution in [2.24, 2.45) is 11.7 Å². The van der Waals surface area contributed by atoms with Crippen LogP contribution < -0.4 is 5.73 Å². The number of hydrogen-bond donors (Lipinski definition) is 1. The first kappa shape index (κ1) is 16.2. The molecule has 108 valence electrons. The fraction of sp³-hybridized carbons (Fsp3) is 0.667. The Balaban J connectivity index is 2.67. The Hall–Kier alpha value is -0.820. The number of rotatable bonds is 9. The Morgan fingerprint density at radius 3 is 2.00 bits per heavy atom. The molecule has 1 rings (SSSR count). The highest BCUT2D eigenvalue weighted by Gasteiger charge is 2.30. The molecule has 1 unspecified atom stereocenters. The number of nitrogens with two attached hydrogens (primary N) is 1. The lowest BCUT2D eigenvalue weighted by molar-refractivity contribution is 0.238. The number of benzene rings is 1. The summed E-state index contributed by atoms with van der Waals surface area (Å²) < 4.78 is 0. The van der Waals surface area contributed by atoms with Crippen LogP contribution in [0, 0.1) is 5.92 Å². The van der Waals surface area contributed by atoms with E-state index in [2.05, 4.69) is 51.1 Å². The Morgan fingerprint density at radius 2 is 1.53 bits per heavy atom. The number of hydrogen-bond acceptors (Lipinski definition) is 1. The van der Waals surface area contributed by atoms with Crippen molar-refractivity contribution in [1.82, 2.24) is 0 Å². The highest BCUT2D eigenvalue weighted by molar-refractivity contribution is 5.16. The van der Waals surface area contributed by atoms with Crippen LogP contribution in [-0.2, 0) is 6.42 Å². The maximum Gasteiger partial charge on any atom is 0.0183 e. The van der Waals surface area contributed by atoms with E-state index >= 15 is 0 Å². The molecule has 0 aliphatic carbocycles. The van der Waals surface area contributed by atoms with E-state index in [1.165, 1.54) is 31.2 Å². The molecule has 0 aliphatic rings. The molecule has 1 heteroatoms. The summed E-state index contributed by atoms with van der Waals surface area (Å²) in [7, 11) is 0. The summed E-state index contributed by atoms with van der Waals surface area (Å²) in [4.78, 5) is 0. The van der Waals surface area contributed by atoms with Crippen LogP contribution in [0.5, 0.6) is 0 Å². The summed E-state index contributed by atoms with van der Waals surface area (Å²) in [6.07, 6.45) is 8.41. The first-order valence-electron chi connectivity index (χ1n) is 7.95. The van der Waals surface area contributed by atoms with Gasteiger partial charge in [0.2, 0.25) is 0 Å². The van der Waals surface area contributed by atoms with Crippen LogP contribution in [0.1, 0.15) is 64.9 Å². The van der Waals surface area contributed by atoms with E-state index in [0.29, 0.717) is 5.92 Å². The van der Waals surface area contributed by atoms with Gasteiger partial charge in [0.05, 0.1) is 0 Å². The molecule has 0 spiro atoms. The van der Waals surface area contributed by atoms with E-state index in [4.69, 9.17) is 5.73 Å². The summed E-state index contributed by atoms with van der Waals surface area (Å²) in [5.74, 6) is 0.549. The lowest BCUT2D eigenvalue weighted by Gasteiger charge is -2.36. The quantitative estimate of drug-likeness (QED) is 0.669. The second-order valence-corrected chi connectivity index (χ2v) is 6.03. The normalized spacial score (nSPS) is 13.5. The van der Waals surface area contributed by atoms with E-state index in [0.717, 1.165) is 19.3 Å². The minimum absolute atomic E-state index is 0.0157. The Labute approximate surface area is 119 Å². The molecule has 0 aliphatic heterocycles. The lowest BCUT2D eigenvalue weighted by atomic mass is 9.75. The fourth-order valence-electron chi connectivity index (χ4n) is 2.80. The molecule has 0 heterocycles. The van der Waals surface area contributed by atoms with E-state index in [1.807, 2.05) is 0 Å². The molecule has 1 nitrogen and oxygen atoms in total. The van der Waals surface area contributed by atoms with Crippen LogP contribution >= 0.6 is 0 Å². The average molecular weight is 261 g/mol. The van der Waals surface area contributed by atoms with Crippen molar-refractivity contribution in [2.75, 3.05) is 0 Å². The Bertz CT molecular complexity index is 323. The monoisotopic (exact) mass is 261 g/mol. The zero-order valence-corrected chi connectivity index (χ0v) is 13.0. The summed E-state index contributed by atoms with van der Waals surface area (Å²) in [5, 5.41) is 0. The molecule has 19 heavy (non-hydrogen) atoms. The maximum absolute atomic E-state index is 6.76. The predicted molar refractivity (Wildman–Crippen MR) is 85.3 cm³/mol. The minimum Gasteiger partial charge on any atom is -0.325 e. The molecule has 1 atom stereocenters. The van der Waals surface area contributed by atoms with E-state index < -0.39 is 0 Å². The maximum atomic E-state index is 6.76. The topological polar surface area (TPSA) is 26.0 Å².